The van der Waals surface area contributed by atoms with Gasteiger partial charge in [-0.1, -0.05) is 24.6 Å². The van der Waals surface area contributed by atoms with Crippen LogP contribution in [0.15, 0.2) is 35.4 Å². The molecule has 3 aliphatic carbocycles. The predicted molar refractivity (Wildman–Crippen MR) is 154 cm³/mol. The second-order valence-corrected chi connectivity index (χ2v) is 12.4. The van der Waals surface area contributed by atoms with Gasteiger partial charge in [-0.3, -0.25) is 4.90 Å². The number of anilines is 2. The third-order valence-corrected chi connectivity index (χ3v) is 10.0. The van der Waals surface area contributed by atoms with E-state index >= 15 is 0 Å². The van der Waals surface area contributed by atoms with Crippen LogP contribution in [0.2, 0.25) is 0 Å². The number of nitriles is 1. The highest BCUT2D eigenvalue weighted by Crippen LogP contribution is 2.46. The van der Waals surface area contributed by atoms with Crippen LogP contribution in [0.25, 0.3) is 0 Å². The maximum absolute atomic E-state index is 9.97. The molecule has 0 amide bonds. The average molecular weight is 535 g/mol. The molecule has 4 atom stereocenters. The summed E-state index contributed by atoms with van der Waals surface area (Å²) in [6, 6.07) is 11.9. The van der Waals surface area contributed by atoms with E-state index < -0.39 is 0 Å². The number of nitrogens with one attached hydrogen (secondary N) is 2. The van der Waals surface area contributed by atoms with Crippen LogP contribution in [0.5, 0.6) is 0 Å². The van der Waals surface area contributed by atoms with E-state index in [0.717, 1.165) is 44.1 Å². The number of nitrogens with zero attached hydrogens (tertiary/aromatic N) is 4. The van der Waals surface area contributed by atoms with Crippen molar-refractivity contribution in [1.82, 2.24) is 14.9 Å². The summed E-state index contributed by atoms with van der Waals surface area (Å²) in [6.45, 7) is 1.49. The van der Waals surface area contributed by atoms with E-state index in [2.05, 4.69) is 63.1 Å². The first-order valence-electron chi connectivity index (χ1n) is 14.3. The van der Waals surface area contributed by atoms with Gasteiger partial charge in [-0.25, -0.2) is 4.98 Å². The Hall–Kier alpha value is -2.34. The topological polar surface area (TPSA) is 97.1 Å². The minimum absolute atomic E-state index is 0.0945. The van der Waals surface area contributed by atoms with Crippen LogP contribution in [-0.2, 0) is 6.54 Å². The zero-order chi connectivity index (χ0) is 26.5. The van der Waals surface area contributed by atoms with Crippen molar-refractivity contribution in [3.05, 3.63) is 41.6 Å². The van der Waals surface area contributed by atoms with E-state index in [1.54, 1.807) is 18.0 Å². The van der Waals surface area contributed by atoms with Crippen LogP contribution in [0, 0.1) is 29.1 Å². The molecule has 1 heterocycles. The largest absolute Gasteiger partial charge is 0.393 e. The molecule has 2 bridgehead atoms. The van der Waals surface area contributed by atoms with Gasteiger partial charge in [0, 0.05) is 30.1 Å². The molecule has 3 N–H and O–H groups in total. The number of hydrogen-bond donors (Lipinski definition) is 3. The molecule has 3 aliphatic rings. The molecule has 1 unspecified atom stereocenters. The Morgan fingerprint density at radius 3 is 2.53 bits per heavy atom. The van der Waals surface area contributed by atoms with Crippen LogP contribution in [0.3, 0.4) is 0 Å². The van der Waals surface area contributed by atoms with Gasteiger partial charge in [-0.05, 0) is 94.1 Å². The second kappa shape index (κ2) is 12.7. The molecule has 1 aromatic heterocycles. The van der Waals surface area contributed by atoms with Gasteiger partial charge >= 0.3 is 0 Å². The number of aliphatic hydroxyl groups excluding tert-OH is 1. The van der Waals surface area contributed by atoms with Gasteiger partial charge in [0.1, 0.15) is 17.5 Å². The molecule has 3 fully saturated rings. The smallest absolute Gasteiger partial charge is 0.224 e. The fourth-order valence-electron chi connectivity index (χ4n) is 7.32. The molecule has 1 aromatic carbocycles. The van der Waals surface area contributed by atoms with E-state index in [9.17, 15) is 10.4 Å². The summed E-state index contributed by atoms with van der Waals surface area (Å²) in [5, 5.41) is 26.5. The highest BCUT2D eigenvalue weighted by Gasteiger charge is 2.43. The quantitative estimate of drug-likeness (QED) is 0.362. The standard InChI is InChI=1S/C30H42N6OS/c1-36(25-10-12-26(37)13-11-25)28-21-7-5-8-22(28)15-20(14-21)17-32-29-24(16-31)19-34-30(35-29)33-18-23-6-3-4-9-27(23)38-2/h3-4,6,9,19-22,25-26,28,37H,5,7-8,10-15,17-18H2,1-2H3,(H2,32,33,34,35)/t20?,21-,22+,25-,26+,28-. The second-order valence-electron chi connectivity index (χ2n) is 11.5. The lowest BCUT2D eigenvalue weighted by Crippen LogP contribution is -2.54. The van der Waals surface area contributed by atoms with E-state index in [4.69, 9.17) is 0 Å². The summed E-state index contributed by atoms with van der Waals surface area (Å²) >= 11 is 1.73. The Morgan fingerprint density at radius 1 is 1.08 bits per heavy atom. The minimum Gasteiger partial charge on any atom is -0.393 e. The third kappa shape index (κ3) is 6.27. The molecular weight excluding hydrogens is 492 g/mol. The molecule has 204 valence electrons. The highest BCUT2D eigenvalue weighted by molar-refractivity contribution is 7.98. The summed E-state index contributed by atoms with van der Waals surface area (Å²) in [6.07, 6.45) is 14.2. The van der Waals surface area contributed by atoms with E-state index in [-0.39, 0.29) is 6.10 Å². The molecule has 0 aliphatic heterocycles. The predicted octanol–water partition coefficient (Wildman–Crippen LogP) is 5.52. The van der Waals surface area contributed by atoms with E-state index in [0.29, 0.717) is 41.9 Å². The van der Waals surface area contributed by atoms with Gasteiger partial charge in [0.2, 0.25) is 5.95 Å². The van der Waals surface area contributed by atoms with Gasteiger partial charge in [-0.15, -0.1) is 11.8 Å². The summed E-state index contributed by atoms with van der Waals surface area (Å²) < 4.78 is 0. The first-order chi connectivity index (χ1) is 18.6. The molecule has 3 saturated carbocycles. The summed E-state index contributed by atoms with van der Waals surface area (Å²) in [5.41, 5.74) is 1.70. The maximum atomic E-state index is 9.97. The summed E-state index contributed by atoms with van der Waals surface area (Å²) in [5.74, 6) is 3.24. The first-order valence-corrected chi connectivity index (χ1v) is 15.5. The Kier molecular flexibility index (Phi) is 9.08. The van der Waals surface area contributed by atoms with Gasteiger partial charge in [0.05, 0.1) is 12.3 Å². The van der Waals surface area contributed by atoms with Gasteiger partial charge in [-0.2, -0.15) is 10.2 Å². The lowest BCUT2D eigenvalue weighted by Gasteiger charge is -2.52. The van der Waals surface area contributed by atoms with Gasteiger partial charge in [0.25, 0.3) is 0 Å². The molecule has 38 heavy (non-hydrogen) atoms. The SMILES string of the molecule is CSc1ccccc1CNc1ncc(C#N)c(NCC2C[C@H]3CCC[C@@H](C2)[C@@H]3N(C)[C@H]2CC[C@@H](O)CC2)n1. The van der Waals surface area contributed by atoms with Crippen LogP contribution < -0.4 is 10.6 Å². The van der Waals surface area contributed by atoms with Crippen molar-refractivity contribution in [3.8, 4) is 6.07 Å². The van der Waals surface area contributed by atoms with Crippen molar-refractivity contribution in [2.24, 2.45) is 17.8 Å². The van der Waals surface area contributed by atoms with Crippen LogP contribution >= 0.6 is 11.8 Å². The monoisotopic (exact) mass is 534 g/mol. The third-order valence-electron chi connectivity index (χ3n) is 9.20. The summed E-state index contributed by atoms with van der Waals surface area (Å²) in [7, 11) is 2.35. The Morgan fingerprint density at radius 2 is 1.82 bits per heavy atom. The molecule has 0 radical (unpaired) electrons. The number of fused-ring (bicyclic) bond motifs is 2. The van der Waals surface area contributed by atoms with Crippen molar-refractivity contribution < 1.29 is 5.11 Å². The van der Waals surface area contributed by atoms with Crippen LogP contribution in [0.1, 0.15) is 68.9 Å². The zero-order valence-corrected chi connectivity index (χ0v) is 23.6. The molecule has 0 saturated heterocycles. The zero-order valence-electron chi connectivity index (χ0n) is 22.8. The fourth-order valence-corrected chi connectivity index (χ4v) is 7.94. The van der Waals surface area contributed by atoms with E-state index in [1.165, 1.54) is 42.6 Å². The van der Waals surface area contributed by atoms with Gasteiger partial charge < -0.3 is 15.7 Å². The molecular formula is C30H42N6OS. The average Bonchev–Trinajstić information content (AvgIpc) is 2.94. The summed E-state index contributed by atoms with van der Waals surface area (Å²) in [4.78, 5) is 13.0. The number of hydrogen-bond acceptors (Lipinski definition) is 8. The molecule has 0 spiro atoms. The van der Waals surface area contributed by atoms with Crippen molar-refractivity contribution >= 4 is 23.5 Å². The lowest BCUT2D eigenvalue weighted by molar-refractivity contribution is -0.0231. The normalized spacial score (nSPS) is 29.0. The number of benzene rings is 1. The Balaban J connectivity index is 1.20. The first kappa shape index (κ1) is 27.2. The lowest BCUT2D eigenvalue weighted by atomic mass is 9.64. The maximum Gasteiger partial charge on any atom is 0.224 e. The van der Waals surface area contributed by atoms with Crippen molar-refractivity contribution in [3.63, 3.8) is 0 Å². The van der Waals surface area contributed by atoms with Crippen molar-refractivity contribution in [1.29, 1.82) is 5.26 Å². The number of thioether (sulfide) groups is 1. The Bertz CT molecular complexity index is 1100. The Labute approximate surface area is 231 Å². The van der Waals surface area contributed by atoms with Crippen LogP contribution in [0.4, 0.5) is 11.8 Å². The minimum atomic E-state index is -0.0945. The van der Waals surface area contributed by atoms with Gasteiger partial charge in [0.15, 0.2) is 0 Å². The molecule has 8 heteroatoms. The highest BCUT2D eigenvalue weighted by atomic mass is 32.2. The number of aliphatic hydroxyl groups is 1. The van der Waals surface area contributed by atoms with E-state index in [1.807, 2.05) is 6.07 Å². The fraction of sp³-hybridized carbons (Fsp3) is 0.633. The number of rotatable bonds is 9. The van der Waals surface area contributed by atoms with Crippen molar-refractivity contribution in [2.75, 3.05) is 30.5 Å². The molecule has 2 aromatic rings. The molecule has 7 nitrogen and oxygen atoms in total. The van der Waals surface area contributed by atoms with Crippen molar-refractivity contribution in [2.45, 2.75) is 87.4 Å². The van der Waals surface area contributed by atoms with Crippen LogP contribution in [-0.4, -0.2) is 58.0 Å². The molecule has 5 rings (SSSR count). The number of aromatic nitrogens is 2.